The number of nitrogens with zero attached hydrogens (tertiary/aromatic N) is 1. The summed E-state index contributed by atoms with van der Waals surface area (Å²) in [6, 6.07) is 3.72. The molecular formula is C11H14F2N2O. The van der Waals surface area contributed by atoms with Crippen molar-refractivity contribution in [1.82, 2.24) is 10.3 Å². The Hall–Kier alpha value is -1.23. The van der Waals surface area contributed by atoms with E-state index in [1.54, 1.807) is 12.1 Å². The maximum Gasteiger partial charge on any atom is 0.387 e. The molecule has 0 radical (unpaired) electrons. The lowest BCUT2D eigenvalue weighted by atomic mass is 10.3. The minimum Gasteiger partial charge on any atom is -0.433 e. The number of halogens is 2. The molecule has 16 heavy (non-hydrogen) atoms. The summed E-state index contributed by atoms with van der Waals surface area (Å²) in [4.78, 5) is 4.21. The van der Waals surface area contributed by atoms with Gasteiger partial charge in [0.05, 0.1) is 5.69 Å². The minimum atomic E-state index is -2.80. The summed E-state index contributed by atoms with van der Waals surface area (Å²) in [6.07, 6.45) is 2.30. The Morgan fingerprint density at radius 2 is 2.25 bits per heavy atom. The molecule has 1 heterocycles. The van der Waals surface area contributed by atoms with Crippen LogP contribution in [0.5, 0.6) is 5.75 Å². The molecule has 1 aromatic rings. The second-order valence-electron chi connectivity index (χ2n) is 3.93. The lowest BCUT2D eigenvalue weighted by Crippen LogP contribution is -2.18. The minimum absolute atomic E-state index is 0.161. The van der Waals surface area contributed by atoms with Crippen molar-refractivity contribution in [2.75, 3.05) is 0 Å². The van der Waals surface area contributed by atoms with Crippen LogP contribution >= 0.6 is 0 Å². The summed E-state index contributed by atoms with van der Waals surface area (Å²) < 4.78 is 28.7. The van der Waals surface area contributed by atoms with Crippen LogP contribution in [0, 0.1) is 6.92 Å². The number of aromatic nitrogens is 1. The highest BCUT2D eigenvalue weighted by atomic mass is 19.3. The Kier molecular flexibility index (Phi) is 3.33. The second kappa shape index (κ2) is 4.74. The SMILES string of the molecule is Cc1ccc(OC(F)F)c(CNC2CC2)n1. The second-order valence-corrected chi connectivity index (χ2v) is 3.93. The zero-order valence-electron chi connectivity index (χ0n) is 9.04. The Bertz CT molecular complexity index is 367. The van der Waals surface area contributed by atoms with Gasteiger partial charge in [-0.15, -0.1) is 0 Å². The molecule has 1 fully saturated rings. The maximum atomic E-state index is 12.1. The molecule has 5 heteroatoms. The topological polar surface area (TPSA) is 34.1 Å². The van der Waals surface area contributed by atoms with Gasteiger partial charge in [0, 0.05) is 18.3 Å². The first-order valence-corrected chi connectivity index (χ1v) is 5.30. The van der Waals surface area contributed by atoms with Crippen LogP contribution in [0.25, 0.3) is 0 Å². The van der Waals surface area contributed by atoms with Gasteiger partial charge in [-0.05, 0) is 31.9 Å². The Morgan fingerprint density at radius 1 is 1.50 bits per heavy atom. The highest BCUT2D eigenvalue weighted by molar-refractivity contribution is 5.29. The molecule has 0 bridgehead atoms. The fraction of sp³-hybridized carbons (Fsp3) is 0.545. The molecule has 0 atom stereocenters. The fourth-order valence-corrected chi connectivity index (χ4v) is 1.46. The number of pyridine rings is 1. The van der Waals surface area contributed by atoms with Gasteiger partial charge in [-0.25, -0.2) is 0 Å². The molecule has 0 spiro atoms. The average molecular weight is 228 g/mol. The van der Waals surface area contributed by atoms with Gasteiger partial charge in [-0.1, -0.05) is 0 Å². The summed E-state index contributed by atoms with van der Waals surface area (Å²) in [7, 11) is 0. The van der Waals surface area contributed by atoms with Gasteiger partial charge in [0.25, 0.3) is 0 Å². The lowest BCUT2D eigenvalue weighted by Gasteiger charge is -2.11. The van der Waals surface area contributed by atoms with Gasteiger partial charge < -0.3 is 10.1 Å². The van der Waals surface area contributed by atoms with E-state index in [-0.39, 0.29) is 5.75 Å². The Labute approximate surface area is 92.8 Å². The normalized spacial score (nSPS) is 15.5. The largest absolute Gasteiger partial charge is 0.433 e. The third-order valence-corrected chi connectivity index (χ3v) is 2.42. The summed E-state index contributed by atoms with van der Waals surface area (Å²) in [6.45, 7) is -0.495. The third kappa shape index (κ3) is 3.13. The predicted molar refractivity (Wildman–Crippen MR) is 55.5 cm³/mol. The monoisotopic (exact) mass is 228 g/mol. The van der Waals surface area contributed by atoms with Crippen molar-refractivity contribution in [3.63, 3.8) is 0 Å². The first-order valence-electron chi connectivity index (χ1n) is 5.30. The first kappa shape index (κ1) is 11.3. The first-order chi connectivity index (χ1) is 7.65. The molecule has 0 amide bonds. The van der Waals surface area contributed by atoms with Crippen molar-refractivity contribution >= 4 is 0 Å². The van der Waals surface area contributed by atoms with Crippen LogP contribution in [-0.4, -0.2) is 17.6 Å². The van der Waals surface area contributed by atoms with Gasteiger partial charge in [0.2, 0.25) is 0 Å². The molecule has 2 rings (SSSR count). The molecule has 1 saturated carbocycles. The number of nitrogens with one attached hydrogen (secondary N) is 1. The molecule has 0 aliphatic heterocycles. The van der Waals surface area contributed by atoms with Crippen molar-refractivity contribution in [2.24, 2.45) is 0 Å². The van der Waals surface area contributed by atoms with Crippen molar-refractivity contribution in [3.8, 4) is 5.75 Å². The standard InChI is InChI=1S/C11H14F2N2O/c1-7-2-5-10(16-11(12)13)9(15-7)6-14-8-3-4-8/h2,5,8,11,14H,3-4,6H2,1H3. The van der Waals surface area contributed by atoms with Crippen molar-refractivity contribution in [2.45, 2.75) is 39.0 Å². The molecule has 0 aromatic carbocycles. The van der Waals surface area contributed by atoms with Crippen LogP contribution in [0.4, 0.5) is 8.78 Å². The van der Waals surface area contributed by atoms with Crippen molar-refractivity contribution in [3.05, 3.63) is 23.5 Å². The molecule has 88 valence electrons. The van der Waals surface area contributed by atoms with E-state index in [1.165, 1.54) is 0 Å². The van der Waals surface area contributed by atoms with E-state index >= 15 is 0 Å². The van der Waals surface area contributed by atoms with Crippen LogP contribution in [0.1, 0.15) is 24.2 Å². The van der Waals surface area contributed by atoms with E-state index in [2.05, 4.69) is 15.0 Å². The number of aryl methyl sites for hydroxylation is 1. The van der Waals surface area contributed by atoms with E-state index < -0.39 is 6.61 Å². The molecule has 1 aliphatic rings. The van der Waals surface area contributed by atoms with Gasteiger partial charge in [0.15, 0.2) is 0 Å². The number of hydrogen-bond donors (Lipinski definition) is 1. The van der Waals surface area contributed by atoms with E-state index in [0.717, 1.165) is 18.5 Å². The molecule has 1 aliphatic carbocycles. The number of hydrogen-bond acceptors (Lipinski definition) is 3. The van der Waals surface area contributed by atoms with Gasteiger partial charge in [0.1, 0.15) is 5.75 Å². The fourth-order valence-electron chi connectivity index (χ4n) is 1.46. The van der Waals surface area contributed by atoms with Gasteiger partial charge >= 0.3 is 6.61 Å². The quantitative estimate of drug-likeness (QED) is 0.839. The predicted octanol–water partition coefficient (Wildman–Crippen LogP) is 2.24. The molecule has 1 aromatic heterocycles. The summed E-state index contributed by atoms with van der Waals surface area (Å²) >= 11 is 0. The molecule has 0 unspecified atom stereocenters. The van der Waals surface area contributed by atoms with Crippen LogP contribution in [0.3, 0.4) is 0 Å². The summed E-state index contributed by atoms with van der Waals surface area (Å²) in [5.74, 6) is 0.161. The van der Waals surface area contributed by atoms with Gasteiger partial charge in [-0.2, -0.15) is 8.78 Å². The average Bonchev–Trinajstić information content (AvgIpc) is 3.01. The highest BCUT2D eigenvalue weighted by Gasteiger charge is 2.21. The van der Waals surface area contributed by atoms with Crippen LogP contribution in [0.2, 0.25) is 0 Å². The van der Waals surface area contributed by atoms with E-state index in [0.29, 0.717) is 18.3 Å². The number of ether oxygens (including phenoxy) is 1. The van der Waals surface area contributed by atoms with Crippen LogP contribution in [-0.2, 0) is 6.54 Å². The Morgan fingerprint density at radius 3 is 2.88 bits per heavy atom. The van der Waals surface area contributed by atoms with Crippen LogP contribution < -0.4 is 10.1 Å². The zero-order valence-corrected chi connectivity index (χ0v) is 9.04. The van der Waals surface area contributed by atoms with E-state index in [9.17, 15) is 8.78 Å². The lowest BCUT2D eigenvalue weighted by molar-refractivity contribution is -0.0508. The zero-order chi connectivity index (χ0) is 11.5. The highest BCUT2D eigenvalue weighted by Crippen LogP contribution is 2.22. The van der Waals surface area contributed by atoms with Crippen molar-refractivity contribution in [1.29, 1.82) is 0 Å². The maximum absolute atomic E-state index is 12.1. The third-order valence-electron chi connectivity index (χ3n) is 2.42. The van der Waals surface area contributed by atoms with E-state index in [4.69, 9.17) is 0 Å². The molecule has 0 saturated heterocycles. The summed E-state index contributed by atoms with van der Waals surface area (Å²) in [5, 5.41) is 3.23. The van der Waals surface area contributed by atoms with E-state index in [1.807, 2.05) is 6.92 Å². The number of alkyl halides is 2. The summed E-state index contributed by atoms with van der Waals surface area (Å²) in [5.41, 5.74) is 1.35. The molecule has 3 nitrogen and oxygen atoms in total. The van der Waals surface area contributed by atoms with Crippen LogP contribution in [0.15, 0.2) is 12.1 Å². The molecule has 1 N–H and O–H groups in total. The Balaban J connectivity index is 2.07. The smallest absolute Gasteiger partial charge is 0.387 e. The number of rotatable bonds is 5. The molecular weight excluding hydrogens is 214 g/mol. The van der Waals surface area contributed by atoms with Gasteiger partial charge in [-0.3, -0.25) is 4.98 Å². The van der Waals surface area contributed by atoms with Crippen molar-refractivity contribution < 1.29 is 13.5 Å².